The lowest BCUT2D eigenvalue weighted by molar-refractivity contribution is -0.120. The largest absolute Gasteiger partial charge is 0.324 e. The van der Waals surface area contributed by atoms with Crippen LogP contribution in [0.1, 0.15) is 11.6 Å². The second-order valence-electron chi connectivity index (χ2n) is 5.70. The van der Waals surface area contributed by atoms with Gasteiger partial charge in [0.1, 0.15) is 6.04 Å². The molecule has 4 nitrogen and oxygen atoms in total. The zero-order valence-electron chi connectivity index (χ0n) is 13.2. The molecule has 0 bridgehead atoms. The number of nitrogens with zero attached hydrogens (tertiary/aromatic N) is 2. The van der Waals surface area contributed by atoms with Gasteiger partial charge in [-0.25, -0.2) is 0 Å². The van der Waals surface area contributed by atoms with E-state index < -0.39 is 0 Å². The van der Waals surface area contributed by atoms with Gasteiger partial charge in [-0.05, 0) is 43.2 Å². The molecule has 0 saturated heterocycles. The molecule has 0 radical (unpaired) electrons. The molecular formula is C19H19N3O. The van der Waals surface area contributed by atoms with Gasteiger partial charge in [0.05, 0.1) is 0 Å². The monoisotopic (exact) mass is 305 g/mol. The van der Waals surface area contributed by atoms with Crippen LogP contribution in [0.3, 0.4) is 0 Å². The normalized spacial score (nSPS) is 12.3. The summed E-state index contributed by atoms with van der Waals surface area (Å²) in [5.41, 5.74) is 1.76. The number of hydrogen-bond acceptors (Lipinski definition) is 3. The molecule has 0 spiro atoms. The number of anilines is 1. The molecule has 1 N–H and O–H groups in total. The standard InChI is InChI=1S/C19H19N3O/c1-22(2)18(14-6-4-3-5-7-14)19(23)21-17-9-8-16-13-20-11-10-15(16)12-17/h3-13,18H,1-2H3,(H,21,23)/t18-/m1/s1. The van der Waals surface area contributed by atoms with Crippen LogP contribution in [0.2, 0.25) is 0 Å². The topological polar surface area (TPSA) is 45.2 Å². The van der Waals surface area contributed by atoms with Crippen LogP contribution in [0, 0.1) is 0 Å². The molecule has 3 aromatic rings. The van der Waals surface area contributed by atoms with Crippen LogP contribution >= 0.6 is 0 Å². The van der Waals surface area contributed by atoms with E-state index in [1.165, 1.54) is 0 Å². The zero-order chi connectivity index (χ0) is 16.2. The average Bonchev–Trinajstić information content (AvgIpc) is 2.55. The molecule has 116 valence electrons. The fourth-order valence-electron chi connectivity index (χ4n) is 2.69. The summed E-state index contributed by atoms with van der Waals surface area (Å²) in [6.07, 6.45) is 3.56. The van der Waals surface area contributed by atoms with Crippen molar-refractivity contribution in [3.05, 3.63) is 72.6 Å². The van der Waals surface area contributed by atoms with E-state index in [0.717, 1.165) is 22.0 Å². The molecule has 0 aliphatic carbocycles. The summed E-state index contributed by atoms with van der Waals surface area (Å²) < 4.78 is 0. The molecule has 1 heterocycles. The molecule has 1 atom stereocenters. The van der Waals surface area contributed by atoms with Crippen LogP contribution in [0.25, 0.3) is 10.8 Å². The van der Waals surface area contributed by atoms with Gasteiger partial charge in [0, 0.05) is 23.5 Å². The number of pyridine rings is 1. The number of likely N-dealkylation sites (N-methyl/N-ethyl adjacent to an activating group) is 1. The number of nitrogens with one attached hydrogen (secondary N) is 1. The molecule has 23 heavy (non-hydrogen) atoms. The number of rotatable bonds is 4. The first-order chi connectivity index (χ1) is 11.1. The number of hydrogen-bond donors (Lipinski definition) is 1. The smallest absolute Gasteiger partial charge is 0.246 e. The Morgan fingerprint density at radius 3 is 2.57 bits per heavy atom. The first-order valence-corrected chi connectivity index (χ1v) is 7.51. The molecule has 4 heteroatoms. The molecule has 0 fully saturated rings. The zero-order valence-corrected chi connectivity index (χ0v) is 13.2. The molecule has 0 aliphatic heterocycles. The Hall–Kier alpha value is -2.72. The maximum absolute atomic E-state index is 12.7. The molecule has 3 rings (SSSR count). The Morgan fingerprint density at radius 2 is 1.83 bits per heavy atom. The highest BCUT2D eigenvalue weighted by atomic mass is 16.2. The van der Waals surface area contributed by atoms with Gasteiger partial charge in [0.15, 0.2) is 0 Å². The van der Waals surface area contributed by atoms with Crippen LogP contribution in [0.5, 0.6) is 0 Å². The van der Waals surface area contributed by atoms with E-state index in [4.69, 9.17) is 0 Å². The summed E-state index contributed by atoms with van der Waals surface area (Å²) in [5, 5.41) is 5.12. The molecule has 1 aromatic heterocycles. The van der Waals surface area contributed by atoms with Gasteiger partial charge < -0.3 is 5.32 Å². The summed E-state index contributed by atoms with van der Waals surface area (Å²) >= 11 is 0. The Bertz CT molecular complexity index is 815. The Morgan fingerprint density at radius 1 is 1.04 bits per heavy atom. The summed E-state index contributed by atoms with van der Waals surface area (Å²) in [6, 6.07) is 17.2. The Kier molecular flexibility index (Phi) is 4.35. The Labute approximate surface area is 135 Å². The number of amides is 1. The van der Waals surface area contributed by atoms with E-state index in [0.29, 0.717) is 0 Å². The van der Waals surface area contributed by atoms with Crippen molar-refractivity contribution in [2.75, 3.05) is 19.4 Å². The summed E-state index contributed by atoms with van der Waals surface area (Å²) in [6.45, 7) is 0. The quantitative estimate of drug-likeness (QED) is 0.802. The van der Waals surface area contributed by atoms with Crippen molar-refractivity contribution in [2.45, 2.75) is 6.04 Å². The van der Waals surface area contributed by atoms with Crippen LogP contribution in [-0.2, 0) is 4.79 Å². The SMILES string of the molecule is CN(C)[C@@H](C(=O)Nc1ccc2cnccc2c1)c1ccccc1. The van der Waals surface area contributed by atoms with Gasteiger partial charge in [-0.2, -0.15) is 0 Å². The molecular weight excluding hydrogens is 286 g/mol. The van der Waals surface area contributed by atoms with Crippen molar-refractivity contribution >= 4 is 22.4 Å². The second-order valence-corrected chi connectivity index (χ2v) is 5.70. The van der Waals surface area contributed by atoms with Crippen molar-refractivity contribution in [2.24, 2.45) is 0 Å². The fraction of sp³-hybridized carbons (Fsp3) is 0.158. The molecule has 0 aliphatic rings. The molecule has 0 saturated carbocycles. The molecule has 0 unspecified atom stereocenters. The number of carbonyl (C=O) groups is 1. The van der Waals surface area contributed by atoms with Crippen LogP contribution in [0.15, 0.2) is 67.0 Å². The minimum Gasteiger partial charge on any atom is -0.324 e. The van der Waals surface area contributed by atoms with Gasteiger partial charge in [0.25, 0.3) is 0 Å². The van der Waals surface area contributed by atoms with Gasteiger partial charge in [0.2, 0.25) is 5.91 Å². The van der Waals surface area contributed by atoms with Gasteiger partial charge in [-0.1, -0.05) is 36.4 Å². The number of carbonyl (C=O) groups excluding carboxylic acids is 1. The second kappa shape index (κ2) is 6.58. The summed E-state index contributed by atoms with van der Waals surface area (Å²) in [7, 11) is 3.81. The fourth-order valence-corrected chi connectivity index (χ4v) is 2.69. The highest BCUT2D eigenvalue weighted by Crippen LogP contribution is 2.22. The van der Waals surface area contributed by atoms with E-state index in [2.05, 4.69) is 10.3 Å². The average molecular weight is 305 g/mol. The lowest BCUT2D eigenvalue weighted by atomic mass is 10.0. The summed E-state index contributed by atoms with van der Waals surface area (Å²) in [5.74, 6) is -0.0467. The summed E-state index contributed by atoms with van der Waals surface area (Å²) in [4.78, 5) is 18.7. The third-order valence-electron chi connectivity index (χ3n) is 3.79. The lowest BCUT2D eigenvalue weighted by Gasteiger charge is -2.24. The van der Waals surface area contributed by atoms with E-state index >= 15 is 0 Å². The van der Waals surface area contributed by atoms with Crippen molar-refractivity contribution in [1.29, 1.82) is 0 Å². The van der Waals surface area contributed by atoms with Crippen molar-refractivity contribution in [3.63, 3.8) is 0 Å². The first kappa shape index (κ1) is 15.2. The van der Waals surface area contributed by atoms with Crippen molar-refractivity contribution in [1.82, 2.24) is 9.88 Å². The van der Waals surface area contributed by atoms with Crippen LogP contribution in [0.4, 0.5) is 5.69 Å². The number of aromatic nitrogens is 1. The van der Waals surface area contributed by atoms with E-state index in [9.17, 15) is 4.79 Å². The van der Waals surface area contributed by atoms with E-state index in [1.807, 2.05) is 79.8 Å². The van der Waals surface area contributed by atoms with Crippen molar-refractivity contribution < 1.29 is 4.79 Å². The third-order valence-corrected chi connectivity index (χ3v) is 3.79. The number of fused-ring (bicyclic) bond motifs is 1. The first-order valence-electron chi connectivity index (χ1n) is 7.51. The van der Waals surface area contributed by atoms with Crippen molar-refractivity contribution in [3.8, 4) is 0 Å². The highest BCUT2D eigenvalue weighted by Gasteiger charge is 2.22. The minimum atomic E-state index is -0.329. The van der Waals surface area contributed by atoms with E-state index in [-0.39, 0.29) is 11.9 Å². The van der Waals surface area contributed by atoms with Crippen LogP contribution in [-0.4, -0.2) is 29.9 Å². The predicted molar refractivity (Wildman–Crippen MR) is 93.2 cm³/mol. The van der Waals surface area contributed by atoms with Gasteiger partial charge in [-0.3, -0.25) is 14.7 Å². The molecule has 1 amide bonds. The minimum absolute atomic E-state index is 0.0467. The van der Waals surface area contributed by atoms with Gasteiger partial charge in [-0.15, -0.1) is 0 Å². The number of benzene rings is 2. The maximum Gasteiger partial charge on any atom is 0.246 e. The lowest BCUT2D eigenvalue weighted by Crippen LogP contribution is -2.32. The third kappa shape index (κ3) is 3.38. The Balaban J connectivity index is 1.86. The maximum atomic E-state index is 12.7. The van der Waals surface area contributed by atoms with Crippen LogP contribution < -0.4 is 5.32 Å². The molecule has 2 aromatic carbocycles. The van der Waals surface area contributed by atoms with Gasteiger partial charge >= 0.3 is 0 Å². The predicted octanol–water partition coefficient (Wildman–Crippen LogP) is 3.48. The van der Waals surface area contributed by atoms with E-state index in [1.54, 1.807) is 6.20 Å². The highest BCUT2D eigenvalue weighted by molar-refractivity contribution is 5.97.